The molecule has 0 spiro atoms. The number of halogens is 1. The highest BCUT2D eigenvalue weighted by atomic mass is 19.1. The molecular formula is C19H15FN2O4. The summed E-state index contributed by atoms with van der Waals surface area (Å²) in [7, 11) is 1.42. The molecule has 0 unspecified atom stereocenters. The summed E-state index contributed by atoms with van der Waals surface area (Å²) in [6, 6.07) is 9.04. The van der Waals surface area contributed by atoms with Crippen molar-refractivity contribution in [3.63, 3.8) is 0 Å². The fraction of sp³-hybridized carbons (Fsp3) is 0.105. The lowest BCUT2D eigenvalue weighted by Gasteiger charge is -2.09. The van der Waals surface area contributed by atoms with Gasteiger partial charge in [0.15, 0.2) is 5.75 Å². The number of methoxy groups -OCH3 is 1. The summed E-state index contributed by atoms with van der Waals surface area (Å²) in [5.41, 5.74) is 0.486. The first kappa shape index (κ1) is 16.0. The first-order valence-electron chi connectivity index (χ1n) is 7.89. The van der Waals surface area contributed by atoms with Crippen molar-refractivity contribution in [2.75, 3.05) is 7.11 Å². The van der Waals surface area contributed by atoms with E-state index in [4.69, 9.17) is 4.74 Å². The average Bonchev–Trinajstić information content (AvgIpc) is 2.89. The number of phenolic OH excluding ortho intramolecular Hbond substituents is 1. The molecule has 4 rings (SSSR count). The number of aromatic amines is 1. The van der Waals surface area contributed by atoms with Gasteiger partial charge in [0.05, 0.1) is 29.9 Å². The quantitative estimate of drug-likeness (QED) is 0.528. The van der Waals surface area contributed by atoms with Crippen LogP contribution in [0.3, 0.4) is 0 Å². The predicted molar refractivity (Wildman–Crippen MR) is 95.4 cm³/mol. The zero-order valence-corrected chi connectivity index (χ0v) is 13.8. The third-order valence-electron chi connectivity index (χ3n) is 4.45. The molecule has 0 aliphatic heterocycles. The molecule has 0 saturated heterocycles. The van der Waals surface area contributed by atoms with Crippen LogP contribution >= 0.6 is 0 Å². The van der Waals surface area contributed by atoms with Crippen molar-refractivity contribution in [2.24, 2.45) is 0 Å². The lowest BCUT2D eigenvalue weighted by Crippen LogP contribution is -2.15. The van der Waals surface area contributed by atoms with E-state index < -0.39 is 5.56 Å². The molecule has 2 aromatic carbocycles. The minimum atomic E-state index is -0.500. The zero-order valence-electron chi connectivity index (χ0n) is 13.8. The standard InChI is InChI=1S/C19H15FN2O4/c1-26-17-12-3-2-8-21-15(12)16(23)13-14(17)19(25)22(18(13)24)9-10-4-6-11(20)7-5-10/h2-8,21,23-24H,9H2,1H3. The number of rotatable bonds is 3. The van der Waals surface area contributed by atoms with Crippen molar-refractivity contribution in [1.29, 1.82) is 0 Å². The van der Waals surface area contributed by atoms with Gasteiger partial charge < -0.3 is 19.9 Å². The molecule has 7 heteroatoms. The molecule has 0 radical (unpaired) electrons. The third kappa shape index (κ3) is 2.21. The SMILES string of the molecule is COc1c2ccc[nH]c2c(O)c2c(O)n(Cc3ccc(F)cc3)c(=O)c12. The second-order valence-electron chi connectivity index (χ2n) is 5.93. The topological polar surface area (TPSA) is 87.5 Å². The van der Waals surface area contributed by atoms with Crippen LogP contribution in [-0.4, -0.2) is 26.9 Å². The molecule has 4 aromatic rings. The third-order valence-corrected chi connectivity index (χ3v) is 4.45. The maximum Gasteiger partial charge on any atom is 0.265 e. The van der Waals surface area contributed by atoms with Crippen molar-refractivity contribution in [1.82, 2.24) is 9.55 Å². The van der Waals surface area contributed by atoms with Crippen LogP contribution in [-0.2, 0) is 6.54 Å². The number of pyridine rings is 1. The van der Waals surface area contributed by atoms with Crippen LogP contribution in [0.25, 0.3) is 21.7 Å². The summed E-state index contributed by atoms with van der Waals surface area (Å²) >= 11 is 0. The lowest BCUT2D eigenvalue weighted by molar-refractivity contribution is 0.422. The number of aromatic hydroxyl groups is 2. The monoisotopic (exact) mass is 354 g/mol. The molecule has 132 valence electrons. The molecule has 0 saturated carbocycles. The van der Waals surface area contributed by atoms with Crippen LogP contribution in [0.4, 0.5) is 4.39 Å². The highest BCUT2D eigenvalue weighted by Crippen LogP contribution is 2.43. The molecule has 3 N–H and O–H groups in total. The number of ether oxygens (including phenoxy) is 1. The van der Waals surface area contributed by atoms with Gasteiger partial charge in [0, 0.05) is 11.6 Å². The summed E-state index contributed by atoms with van der Waals surface area (Å²) in [6.07, 6.45) is 1.62. The molecule has 0 atom stereocenters. The number of nitrogens with one attached hydrogen (secondary N) is 1. The van der Waals surface area contributed by atoms with Gasteiger partial charge in [-0.15, -0.1) is 0 Å². The van der Waals surface area contributed by atoms with Gasteiger partial charge in [-0.1, -0.05) is 12.1 Å². The van der Waals surface area contributed by atoms with E-state index in [-0.39, 0.29) is 40.5 Å². The Hall–Kier alpha value is -3.48. The minimum absolute atomic E-state index is 0.0175. The smallest absolute Gasteiger partial charge is 0.265 e. The number of fused-ring (bicyclic) bond motifs is 2. The van der Waals surface area contributed by atoms with Gasteiger partial charge in [0.25, 0.3) is 5.56 Å². The van der Waals surface area contributed by atoms with Crippen molar-refractivity contribution in [3.05, 3.63) is 64.3 Å². The van der Waals surface area contributed by atoms with Crippen LogP contribution in [0.2, 0.25) is 0 Å². The van der Waals surface area contributed by atoms with Gasteiger partial charge in [0.2, 0.25) is 5.88 Å². The van der Waals surface area contributed by atoms with Crippen molar-refractivity contribution >= 4 is 21.7 Å². The van der Waals surface area contributed by atoms with E-state index in [0.29, 0.717) is 16.5 Å². The van der Waals surface area contributed by atoms with Crippen molar-refractivity contribution in [3.8, 4) is 17.4 Å². The number of phenols is 1. The second kappa shape index (κ2) is 5.80. The Bertz CT molecular complexity index is 1190. The molecule has 0 bridgehead atoms. The molecule has 0 fully saturated rings. The van der Waals surface area contributed by atoms with Gasteiger partial charge >= 0.3 is 0 Å². The normalized spacial score (nSPS) is 11.3. The minimum Gasteiger partial charge on any atom is -0.505 e. The molecule has 2 heterocycles. The lowest BCUT2D eigenvalue weighted by atomic mass is 10.1. The Morgan fingerprint density at radius 1 is 1.15 bits per heavy atom. The summed E-state index contributed by atoms with van der Waals surface area (Å²) in [5, 5.41) is 21.8. The summed E-state index contributed by atoms with van der Waals surface area (Å²) in [4.78, 5) is 15.8. The van der Waals surface area contributed by atoms with Crippen LogP contribution in [0.1, 0.15) is 5.56 Å². The highest BCUT2D eigenvalue weighted by molar-refractivity contribution is 6.11. The predicted octanol–water partition coefficient (Wildman–Crippen LogP) is 3.09. The molecular weight excluding hydrogens is 339 g/mol. The number of H-pyrrole nitrogens is 1. The van der Waals surface area contributed by atoms with E-state index in [9.17, 15) is 19.4 Å². The Morgan fingerprint density at radius 2 is 1.88 bits per heavy atom. The molecule has 0 aliphatic carbocycles. The van der Waals surface area contributed by atoms with Gasteiger partial charge in [-0.25, -0.2) is 4.39 Å². The first-order chi connectivity index (χ1) is 12.5. The zero-order chi connectivity index (χ0) is 18.4. The van der Waals surface area contributed by atoms with Crippen molar-refractivity contribution in [2.45, 2.75) is 6.54 Å². The summed E-state index contributed by atoms with van der Waals surface area (Å²) in [6.45, 7) is 0.0300. The largest absolute Gasteiger partial charge is 0.505 e. The van der Waals surface area contributed by atoms with E-state index in [1.807, 2.05) is 0 Å². The maximum absolute atomic E-state index is 13.1. The number of aromatic nitrogens is 2. The van der Waals surface area contributed by atoms with Gasteiger partial charge in [0.1, 0.15) is 11.6 Å². The van der Waals surface area contributed by atoms with Gasteiger partial charge in [-0.2, -0.15) is 0 Å². The summed E-state index contributed by atoms with van der Waals surface area (Å²) in [5.74, 6) is -0.727. The van der Waals surface area contributed by atoms with E-state index >= 15 is 0 Å². The molecule has 2 aromatic heterocycles. The fourth-order valence-electron chi connectivity index (χ4n) is 3.23. The Labute approximate surface area is 146 Å². The number of nitrogens with zero attached hydrogens (tertiary/aromatic N) is 1. The van der Waals surface area contributed by atoms with Crippen LogP contribution in [0, 0.1) is 5.82 Å². The Kier molecular flexibility index (Phi) is 3.57. The number of benzene rings is 2. The molecule has 26 heavy (non-hydrogen) atoms. The van der Waals surface area contributed by atoms with Crippen LogP contribution in [0.15, 0.2) is 47.4 Å². The van der Waals surface area contributed by atoms with Crippen LogP contribution < -0.4 is 10.3 Å². The van der Waals surface area contributed by atoms with Crippen molar-refractivity contribution < 1.29 is 19.3 Å². The van der Waals surface area contributed by atoms with Gasteiger partial charge in [-0.05, 0) is 29.8 Å². The van der Waals surface area contributed by atoms with Crippen LogP contribution in [0.5, 0.6) is 17.4 Å². The average molecular weight is 354 g/mol. The molecule has 0 aliphatic rings. The van der Waals surface area contributed by atoms with Gasteiger partial charge in [-0.3, -0.25) is 9.36 Å². The van der Waals surface area contributed by atoms with E-state index in [0.717, 1.165) is 4.57 Å². The van der Waals surface area contributed by atoms with E-state index in [1.165, 1.54) is 31.4 Å². The van der Waals surface area contributed by atoms with E-state index in [1.54, 1.807) is 18.3 Å². The number of hydrogen-bond donors (Lipinski definition) is 3. The first-order valence-corrected chi connectivity index (χ1v) is 7.89. The Morgan fingerprint density at radius 3 is 2.58 bits per heavy atom. The fourth-order valence-corrected chi connectivity index (χ4v) is 3.23. The number of hydrogen-bond acceptors (Lipinski definition) is 4. The molecule has 6 nitrogen and oxygen atoms in total. The second-order valence-corrected chi connectivity index (χ2v) is 5.93. The maximum atomic E-state index is 13.1. The molecule has 0 amide bonds. The van der Waals surface area contributed by atoms with E-state index in [2.05, 4.69) is 4.98 Å². The summed E-state index contributed by atoms with van der Waals surface area (Å²) < 4.78 is 19.6. The highest BCUT2D eigenvalue weighted by Gasteiger charge is 2.25. The Balaban J connectivity index is 2.05.